The summed E-state index contributed by atoms with van der Waals surface area (Å²) in [4.78, 5) is 22.3. The van der Waals surface area contributed by atoms with E-state index in [1.165, 1.54) is 4.88 Å². The van der Waals surface area contributed by atoms with Crippen LogP contribution < -0.4 is 16.3 Å². The van der Waals surface area contributed by atoms with Crippen molar-refractivity contribution in [3.05, 3.63) is 32.4 Å². The number of aliphatic imine (C=N–C) groups is 1. The number of thiazole rings is 1. The molecular weight excluding hydrogens is 362 g/mol. The van der Waals surface area contributed by atoms with Crippen LogP contribution >= 0.6 is 11.3 Å². The molecule has 0 aliphatic carbocycles. The van der Waals surface area contributed by atoms with E-state index in [1.54, 1.807) is 23.1 Å². The van der Waals surface area contributed by atoms with Gasteiger partial charge in [-0.3, -0.25) is 9.56 Å². The first-order chi connectivity index (χ1) is 13.2. The molecule has 0 unspecified atom stereocenters. The lowest BCUT2D eigenvalue weighted by Gasteiger charge is -2.11. The number of hydrogen-bond acceptors (Lipinski definition) is 5. The predicted molar refractivity (Wildman–Crippen MR) is 109 cm³/mol. The molecule has 8 nitrogen and oxygen atoms in total. The zero-order chi connectivity index (χ0) is 19.1. The minimum absolute atomic E-state index is 0.0297. The summed E-state index contributed by atoms with van der Waals surface area (Å²) >= 11 is 1.77. The number of rotatable bonds is 8. The first-order valence-corrected chi connectivity index (χ1v) is 10.6. The van der Waals surface area contributed by atoms with Gasteiger partial charge in [0, 0.05) is 57.1 Å². The topological polar surface area (TPSA) is 89.1 Å². The van der Waals surface area contributed by atoms with Crippen LogP contribution in [0.3, 0.4) is 0 Å². The molecule has 148 valence electrons. The monoisotopic (exact) mass is 391 g/mol. The van der Waals surface area contributed by atoms with E-state index in [-0.39, 0.29) is 5.69 Å². The number of nitrogens with one attached hydrogen (secondary N) is 2. The van der Waals surface area contributed by atoms with Gasteiger partial charge >= 0.3 is 5.69 Å². The molecule has 0 spiro atoms. The standard InChI is InChI=1S/C18H29N7OS/c1-3-14-13-22-16(27-14)8-10-21-17(19-2)20-9-6-12-25-18(26)24-11-5-4-7-15(24)23-25/h13H,3-12H2,1-2H3,(H2,19,20,21). The third-order valence-corrected chi connectivity index (χ3v) is 5.88. The van der Waals surface area contributed by atoms with Gasteiger partial charge in [0.2, 0.25) is 0 Å². The highest BCUT2D eigenvalue weighted by molar-refractivity contribution is 7.11. The van der Waals surface area contributed by atoms with E-state index in [9.17, 15) is 4.79 Å². The number of aryl methyl sites for hydroxylation is 3. The fourth-order valence-electron chi connectivity index (χ4n) is 3.17. The summed E-state index contributed by atoms with van der Waals surface area (Å²) in [6.07, 6.45) is 7.82. The molecule has 0 aromatic carbocycles. The highest BCUT2D eigenvalue weighted by Crippen LogP contribution is 2.13. The van der Waals surface area contributed by atoms with Crippen LogP contribution in [0.15, 0.2) is 16.0 Å². The maximum absolute atomic E-state index is 12.3. The Bertz CT molecular complexity index is 820. The predicted octanol–water partition coefficient (Wildman–Crippen LogP) is 1.20. The second kappa shape index (κ2) is 9.68. The van der Waals surface area contributed by atoms with E-state index in [2.05, 4.69) is 32.6 Å². The van der Waals surface area contributed by atoms with Crippen molar-refractivity contribution >= 4 is 17.3 Å². The summed E-state index contributed by atoms with van der Waals surface area (Å²) < 4.78 is 3.42. The van der Waals surface area contributed by atoms with Crippen LogP contribution in [0.4, 0.5) is 0 Å². The Morgan fingerprint density at radius 3 is 2.93 bits per heavy atom. The maximum atomic E-state index is 12.3. The molecule has 0 saturated carbocycles. The number of hydrogen-bond donors (Lipinski definition) is 2. The highest BCUT2D eigenvalue weighted by atomic mass is 32.1. The summed E-state index contributed by atoms with van der Waals surface area (Å²) in [6.45, 7) is 5.12. The minimum atomic E-state index is 0.0297. The molecule has 0 bridgehead atoms. The summed E-state index contributed by atoms with van der Waals surface area (Å²) in [7, 11) is 1.77. The van der Waals surface area contributed by atoms with Crippen LogP contribution in [-0.2, 0) is 32.4 Å². The van der Waals surface area contributed by atoms with Crippen LogP contribution in [0.2, 0.25) is 0 Å². The van der Waals surface area contributed by atoms with Gasteiger partial charge in [0.25, 0.3) is 0 Å². The third kappa shape index (κ3) is 5.18. The zero-order valence-electron chi connectivity index (χ0n) is 16.2. The molecule has 3 rings (SSSR count). The lowest BCUT2D eigenvalue weighted by atomic mass is 10.2. The summed E-state index contributed by atoms with van der Waals surface area (Å²) in [5.41, 5.74) is 0.0297. The number of guanidine groups is 1. The SMILES string of the molecule is CCc1cnc(CCNC(=NC)NCCCn2nc3n(c2=O)CCCC3)s1. The second-order valence-electron chi connectivity index (χ2n) is 6.63. The fourth-order valence-corrected chi connectivity index (χ4v) is 4.03. The van der Waals surface area contributed by atoms with Crippen molar-refractivity contribution in [1.29, 1.82) is 0 Å². The maximum Gasteiger partial charge on any atom is 0.345 e. The summed E-state index contributed by atoms with van der Waals surface area (Å²) in [5.74, 6) is 1.71. The molecule has 0 saturated heterocycles. The van der Waals surface area contributed by atoms with Crippen LogP contribution in [0, 0.1) is 0 Å². The Morgan fingerprint density at radius 2 is 2.19 bits per heavy atom. The van der Waals surface area contributed by atoms with Crippen LogP contribution in [0.5, 0.6) is 0 Å². The van der Waals surface area contributed by atoms with Gasteiger partial charge in [0.1, 0.15) is 5.82 Å². The van der Waals surface area contributed by atoms with Crippen molar-refractivity contribution < 1.29 is 0 Å². The average molecular weight is 392 g/mol. The van der Waals surface area contributed by atoms with E-state index in [4.69, 9.17) is 0 Å². The van der Waals surface area contributed by atoms with Crippen molar-refractivity contribution in [3.63, 3.8) is 0 Å². The smallest absolute Gasteiger partial charge is 0.345 e. The normalized spacial score (nSPS) is 14.2. The first-order valence-electron chi connectivity index (χ1n) is 9.76. The van der Waals surface area contributed by atoms with Crippen molar-refractivity contribution in [2.45, 2.75) is 58.5 Å². The Labute approximate surface area is 163 Å². The van der Waals surface area contributed by atoms with Gasteiger partial charge in [0.15, 0.2) is 5.96 Å². The molecule has 0 fully saturated rings. The molecule has 2 N–H and O–H groups in total. The molecule has 9 heteroatoms. The van der Waals surface area contributed by atoms with E-state index in [0.717, 1.165) is 75.0 Å². The van der Waals surface area contributed by atoms with Crippen molar-refractivity contribution in [2.75, 3.05) is 20.1 Å². The van der Waals surface area contributed by atoms with Crippen molar-refractivity contribution in [1.82, 2.24) is 30.0 Å². The van der Waals surface area contributed by atoms with Crippen LogP contribution in [0.25, 0.3) is 0 Å². The number of nitrogens with zero attached hydrogens (tertiary/aromatic N) is 5. The van der Waals surface area contributed by atoms with Gasteiger partial charge < -0.3 is 10.6 Å². The van der Waals surface area contributed by atoms with Crippen LogP contribution in [-0.4, -0.2) is 45.4 Å². The van der Waals surface area contributed by atoms with E-state index < -0.39 is 0 Å². The lowest BCUT2D eigenvalue weighted by Crippen LogP contribution is -2.39. The van der Waals surface area contributed by atoms with Gasteiger partial charge in [-0.25, -0.2) is 14.5 Å². The molecule has 2 aromatic rings. The van der Waals surface area contributed by atoms with Gasteiger partial charge in [-0.05, 0) is 25.7 Å². The molecule has 0 atom stereocenters. The quantitative estimate of drug-likeness (QED) is 0.401. The van der Waals surface area contributed by atoms with E-state index in [1.807, 2.05) is 10.8 Å². The molecule has 3 heterocycles. The Kier molecular flexibility index (Phi) is 7.03. The van der Waals surface area contributed by atoms with E-state index >= 15 is 0 Å². The largest absolute Gasteiger partial charge is 0.356 e. The molecule has 0 radical (unpaired) electrons. The summed E-state index contributed by atoms with van der Waals surface area (Å²) in [6, 6.07) is 0. The molecular formula is C18H29N7OS. The number of fused-ring (bicyclic) bond motifs is 1. The van der Waals surface area contributed by atoms with Crippen LogP contribution in [0.1, 0.15) is 41.9 Å². The molecule has 1 aliphatic rings. The van der Waals surface area contributed by atoms with Crippen molar-refractivity contribution in [3.8, 4) is 0 Å². The van der Waals surface area contributed by atoms with Gasteiger partial charge in [-0.15, -0.1) is 11.3 Å². The van der Waals surface area contributed by atoms with Gasteiger partial charge in [-0.2, -0.15) is 5.10 Å². The Morgan fingerprint density at radius 1 is 1.33 bits per heavy atom. The van der Waals surface area contributed by atoms with Gasteiger partial charge in [-0.1, -0.05) is 6.92 Å². The summed E-state index contributed by atoms with van der Waals surface area (Å²) in [5, 5.41) is 12.2. The second-order valence-corrected chi connectivity index (χ2v) is 7.83. The Hall–Kier alpha value is -2.16. The Balaban J connectivity index is 1.37. The molecule has 27 heavy (non-hydrogen) atoms. The first kappa shape index (κ1) is 19.6. The zero-order valence-corrected chi connectivity index (χ0v) is 17.0. The fraction of sp³-hybridized carbons (Fsp3) is 0.667. The lowest BCUT2D eigenvalue weighted by molar-refractivity contribution is 0.509. The molecule has 0 amide bonds. The molecule has 1 aliphatic heterocycles. The number of aromatic nitrogens is 4. The third-order valence-electron chi connectivity index (χ3n) is 4.68. The minimum Gasteiger partial charge on any atom is -0.356 e. The van der Waals surface area contributed by atoms with Gasteiger partial charge in [0.05, 0.1) is 5.01 Å². The highest BCUT2D eigenvalue weighted by Gasteiger charge is 2.16. The average Bonchev–Trinajstić information content (AvgIpc) is 3.28. The van der Waals surface area contributed by atoms with E-state index in [0.29, 0.717) is 6.54 Å². The van der Waals surface area contributed by atoms with Crippen molar-refractivity contribution in [2.24, 2.45) is 4.99 Å². The molecule has 2 aromatic heterocycles.